The van der Waals surface area contributed by atoms with Crippen molar-refractivity contribution in [3.63, 3.8) is 0 Å². The van der Waals surface area contributed by atoms with Crippen molar-refractivity contribution < 1.29 is 4.79 Å². The van der Waals surface area contributed by atoms with Gasteiger partial charge in [0.15, 0.2) is 0 Å². The second kappa shape index (κ2) is 7.90. The lowest BCUT2D eigenvalue weighted by molar-refractivity contribution is 0.0951. The fourth-order valence-corrected chi connectivity index (χ4v) is 2.54. The highest BCUT2D eigenvalue weighted by atomic mass is 79.9. The fraction of sp³-hybridized carbons (Fsp3) is 0.105. The summed E-state index contributed by atoms with van der Waals surface area (Å²) < 4.78 is 1.05. The Hall–Kier alpha value is -2.73. The predicted octanol–water partition coefficient (Wildman–Crippen LogP) is 4.22. The van der Waals surface area contributed by atoms with E-state index >= 15 is 0 Å². The van der Waals surface area contributed by atoms with E-state index in [0.29, 0.717) is 17.9 Å². The molecule has 6 heteroatoms. The molecule has 0 spiro atoms. The average molecular weight is 397 g/mol. The molecule has 5 nitrogen and oxygen atoms in total. The van der Waals surface area contributed by atoms with Gasteiger partial charge in [0.2, 0.25) is 0 Å². The van der Waals surface area contributed by atoms with Crippen molar-refractivity contribution in [1.82, 2.24) is 15.3 Å². The zero-order valence-electron chi connectivity index (χ0n) is 13.7. The van der Waals surface area contributed by atoms with Gasteiger partial charge in [-0.2, -0.15) is 0 Å². The monoisotopic (exact) mass is 396 g/mol. The van der Waals surface area contributed by atoms with Crippen molar-refractivity contribution in [3.8, 4) is 0 Å². The van der Waals surface area contributed by atoms with E-state index in [1.807, 2.05) is 37.3 Å². The number of benzene rings is 1. The maximum absolute atomic E-state index is 12.3. The lowest BCUT2D eigenvalue weighted by atomic mass is 10.2. The predicted molar refractivity (Wildman–Crippen MR) is 102 cm³/mol. The standard InChI is InChI=1S/C19H17BrN4O/c1-13-10-16(2-3-17(13)20)24-18-11-15(6-9-22-18)19(25)23-12-14-4-7-21-8-5-14/h2-11H,12H2,1H3,(H,22,24)(H,23,25). The molecule has 1 aromatic carbocycles. The molecule has 0 aliphatic carbocycles. The van der Waals surface area contributed by atoms with E-state index in [4.69, 9.17) is 0 Å². The molecule has 3 rings (SSSR count). The third-order valence-electron chi connectivity index (χ3n) is 3.65. The maximum Gasteiger partial charge on any atom is 0.251 e. The number of aromatic nitrogens is 2. The van der Waals surface area contributed by atoms with Crippen LogP contribution in [0.25, 0.3) is 0 Å². The van der Waals surface area contributed by atoms with E-state index in [9.17, 15) is 4.79 Å². The summed E-state index contributed by atoms with van der Waals surface area (Å²) >= 11 is 3.48. The number of hydrogen-bond acceptors (Lipinski definition) is 4. The lowest BCUT2D eigenvalue weighted by Crippen LogP contribution is -2.22. The van der Waals surface area contributed by atoms with E-state index in [1.165, 1.54) is 0 Å². The number of halogens is 1. The number of nitrogens with one attached hydrogen (secondary N) is 2. The number of rotatable bonds is 5. The van der Waals surface area contributed by atoms with Crippen molar-refractivity contribution >= 4 is 33.3 Å². The number of carbonyl (C=O) groups excluding carboxylic acids is 1. The smallest absolute Gasteiger partial charge is 0.251 e. The van der Waals surface area contributed by atoms with Crippen LogP contribution in [0.3, 0.4) is 0 Å². The molecule has 0 atom stereocenters. The van der Waals surface area contributed by atoms with Crippen LogP contribution in [-0.2, 0) is 6.54 Å². The number of hydrogen-bond donors (Lipinski definition) is 2. The molecule has 1 amide bonds. The number of pyridine rings is 2. The third-order valence-corrected chi connectivity index (χ3v) is 4.54. The first-order valence-electron chi connectivity index (χ1n) is 7.78. The first kappa shape index (κ1) is 17.1. The molecule has 126 valence electrons. The highest BCUT2D eigenvalue weighted by Gasteiger charge is 2.07. The van der Waals surface area contributed by atoms with Gasteiger partial charge in [0.1, 0.15) is 5.82 Å². The number of carbonyl (C=O) groups is 1. The second-order valence-corrected chi connectivity index (χ2v) is 6.41. The van der Waals surface area contributed by atoms with Crippen molar-refractivity contribution in [2.24, 2.45) is 0 Å². The average Bonchev–Trinajstić information content (AvgIpc) is 2.64. The molecule has 0 aliphatic rings. The molecule has 0 unspecified atom stereocenters. The van der Waals surface area contributed by atoms with Crippen LogP contribution in [-0.4, -0.2) is 15.9 Å². The topological polar surface area (TPSA) is 66.9 Å². The van der Waals surface area contributed by atoms with Gasteiger partial charge in [0.25, 0.3) is 5.91 Å². The first-order valence-corrected chi connectivity index (χ1v) is 8.57. The summed E-state index contributed by atoms with van der Waals surface area (Å²) in [6.45, 7) is 2.48. The molecule has 2 heterocycles. The minimum absolute atomic E-state index is 0.144. The van der Waals surface area contributed by atoms with Gasteiger partial charge in [-0.25, -0.2) is 4.98 Å². The van der Waals surface area contributed by atoms with Crippen LogP contribution in [0.15, 0.2) is 65.5 Å². The maximum atomic E-state index is 12.3. The third kappa shape index (κ3) is 4.64. The Kier molecular flexibility index (Phi) is 5.40. The number of anilines is 2. The molecule has 3 aromatic rings. The van der Waals surface area contributed by atoms with Gasteiger partial charge in [0, 0.05) is 40.9 Å². The van der Waals surface area contributed by atoms with E-state index < -0.39 is 0 Å². The van der Waals surface area contributed by atoms with Gasteiger partial charge in [0.05, 0.1) is 0 Å². The molecular weight excluding hydrogens is 380 g/mol. The fourth-order valence-electron chi connectivity index (χ4n) is 2.30. The van der Waals surface area contributed by atoms with Crippen LogP contribution < -0.4 is 10.6 Å². The Labute approximate surface area is 154 Å². The quantitative estimate of drug-likeness (QED) is 0.677. The minimum Gasteiger partial charge on any atom is -0.348 e. The summed E-state index contributed by atoms with van der Waals surface area (Å²) in [7, 11) is 0. The summed E-state index contributed by atoms with van der Waals surface area (Å²) in [5, 5.41) is 6.12. The Balaban J connectivity index is 1.68. The zero-order valence-corrected chi connectivity index (χ0v) is 15.2. The van der Waals surface area contributed by atoms with Crippen LogP contribution in [0, 0.1) is 6.92 Å². The second-order valence-electron chi connectivity index (χ2n) is 5.56. The molecule has 2 aromatic heterocycles. The molecular formula is C19H17BrN4O. The van der Waals surface area contributed by atoms with Gasteiger partial charge in [-0.3, -0.25) is 9.78 Å². The SMILES string of the molecule is Cc1cc(Nc2cc(C(=O)NCc3ccncc3)ccn2)ccc1Br. The summed E-state index contributed by atoms with van der Waals surface area (Å²) in [6, 6.07) is 13.1. The minimum atomic E-state index is -0.144. The summed E-state index contributed by atoms with van der Waals surface area (Å²) in [6.07, 6.45) is 5.03. The van der Waals surface area contributed by atoms with Crippen LogP contribution in [0.4, 0.5) is 11.5 Å². The van der Waals surface area contributed by atoms with Gasteiger partial charge in [-0.05, 0) is 60.5 Å². The highest BCUT2D eigenvalue weighted by molar-refractivity contribution is 9.10. The van der Waals surface area contributed by atoms with E-state index in [2.05, 4.69) is 36.5 Å². The Bertz CT molecular complexity index is 884. The molecule has 0 fully saturated rings. The van der Waals surface area contributed by atoms with E-state index in [0.717, 1.165) is 21.3 Å². The summed E-state index contributed by atoms with van der Waals surface area (Å²) in [5.74, 6) is 0.479. The number of aryl methyl sites for hydroxylation is 1. The Morgan fingerprint density at radius 1 is 1.08 bits per heavy atom. The van der Waals surface area contributed by atoms with Crippen LogP contribution in [0.5, 0.6) is 0 Å². The molecule has 0 bridgehead atoms. The van der Waals surface area contributed by atoms with Crippen LogP contribution in [0.2, 0.25) is 0 Å². The number of amides is 1. The van der Waals surface area contributed by atoms with Gasteiger partial charge in [-0.1, -0.05) is 15.9 Å². The van der Waals surface area contributed by atoms with E-state index in [-0.39, 0.29) is 5.91 Å². The van der Waals surface area contributed by atoms with Crippen molar-refractivity contribution in [2.75, 3.05) is 5.32 Å². The summed E-state index contributed by atoms with van der Waals surface area (Å²) in [4.78, 5) is 20.6. The molecule has 0 saturated heterocycles. The van der Waals surface area contributed by atoms with Crippen molar-refractivity contribution in [1.29, 1.82) is 0 Å². The normalized spacial score (nSPS) is 10.3. The molecule has 0 radical (unpaired) electrons. The van der Waals surface area contributed by atoms with Crippen molar-refractivity contribution in [3.05, 3.63) is 82.2 Å². The van der Waals surface area contributed by atoms with Crippen LogP contribution >= 0.6 is 15.9 Å². The van der Waals surface area contributed by atoms with Crippen LogP contribution in [0.1, 0.15) is 21.5 Å². The molecule has 2 N–H and O–H groups in total. The first-order chi connectivity index (χ1) is 12.1. The lowest BCUT2D eigenvalue weighted by Gasteiger charge is -2.09. The van der Waals surface area contributed by atoms with E-state index in [1.54, 1.807) is 30.7 Å². The van der Waals surface area contributed by atoms with Gasteiger partial charge in [-0.15, -0.1) is 0 Å². The van der Waals surface area contributed by atoms with Gasteiger partial charge < -0.3 is 10.6 Å². The van der Waals surface area contributed by atoms with Gasteiger partial charge >= 0.3 is 0 Å². The Morgan fingerprint density at radius 2 is 1.88 bits per heavy atom. The largest absolute Gasteiger partial charge is 0.348 e. The number of nitrogens with zero attached hydrogens (tertiary/aromatic N) is 2. The molecule has 25 heavy (non-hydrogen) atoms. The zero-order chi connectivity index (χ0) is 17.6. The highest BCUT2D eigenvalue weighted by Crippen LogP contribution is 2.22. The Morgan fingerprint density at radius 3 is 2.64 bits per heavy atom. The summed E-state index contributed by atoms with van der Waals surface area (Å²) in [5.41, 5.74) is 3.60. The molecule has 0 aliphatic heterocycles. The molecule has 0 saturated carbocycles. The van der Waals surface area contributed by atoms with Crippen molar-refractivity contribution in [2.45, 2.75) is 13.5 Å².